The van der Waals surface area contributed by atoms with Crippen molar-refractivity contribution >= 4 is 11.8 Å². The zero-order chi connectivity index (χ0) is 28.4. The van der Waals surface area contributed by atoms with Gasteiger partial charge in [-0.2, -0.15) is 4.98 Å². The summed E-state index contributed by atoms with van der Waals surface area (Å²) in [5, 5.41) is 3.61. The van der Waals surface area contributed by atoms with Crippen LogP contribution in [0.5, 0.6) is 11.5 Å². The molecule has 3 aromatic carbocycles. The quantitative estimate of drug-likeness (QED) is 0.218. The molecule has 3 heterocycles. The van der Waals surface area contributed by atoms with Gasteiger partial charge in [0.25, 0.3) is 0 Å². The van der Waals surface area contributed by atoms with Crippen molar-refractivity contribution < 1.29 is 9.47 Å². The van der Waals surface area contributed by atoms with Gasteiger partial charge in [-0.15, -0.1) is 0 Å². The Kier molecular flexibility index (Phi) is 9.47. The number of nitrogens with one attached hydrogen (secondary N) is 1. The monoisotopic (exact) mass is 563 g/mol. The second-order valence-corrected chi connectivity index (χ2v) is 11.3. The number of aromatic nitrogens is 2. The van der Waals surface area contributed by atoms with Crippen molar-refractivity contribution in [3.8, 4) is 11.5 Å². The predicted molar refractivity (Wildman–Crippen MR) is 168 cm³/mol. The number of likely N-dealkylation sites (tertiary alicyclic amines) is 1. The maximum absolute atomic E-state index is 6.31. The Morgan fingerprint density at radius 2 is 1.40 bits per heavy atom. The fourth-order valence-corrected chi connectivity index (χ4v) is 5.78. The second kappa shape index (κ2) is 14.2. The summed E-state index contributed by atoms with van der Waals surface area (Å²) < 4.78 is 12.5. The molecule has 6 rings (SSSR count). The van der Waals surface area contributed by atoms with Gasteiger partial charge in [0.15, 0.2) is 11.5 Å². The average molecular weight is 564 g/mol. The van der Waals surface area contributed by atoms with E-state index in [4.69, 9.17) is 14.5 Å². The van der Waals surface area contributed by atoms with Gasteiger partial charge < -0.3 is 19.7 Å². The zero-order valence-electron chi connectivity index (χ0n) is 24.3. The Balaban J connectivity index is 1.08. The topological polar surface area (TPSA) is 62.8 Å². The van der Waals surface area contributed by atoms with Crippen LogP contribution in [-0.2, 0) is 19.8 Å². The maximum atomic E-state index is 6.31. The van der Waals surface area contributed by atoms with Gasteiger partial charge in [-0.1, -0.05) is 79.6 Å². The molecule has 1 N–H and O–H groups in total. The third kappa shape index (κ3) is 7.79. The number of hydrogen-bond donors (Lipinski definition) is 1. The lowest BCUT2D eigenvalue weighted by molar-refractivity contribution is 0.255. The summed E-state index contributed by atoms with van der Waals surface area (Å²) in [6.07, 6.45) is 8.06. The second-order valence-electron chi connectivity index (χ2n) is 11.3. The van der Waals surface area contributed by atoms with E-state index in [0.29, 0.717) is 19.3 Å². The molecule has 1 atom stereocenters. The highest BCUT2D eigenvalue weighted by Gasteiger charge is 2.24. The van der Waals surface area contributed by atoms with Crippen LogP contribution in [0, 0.1) is 0 Å². The first kappa shape index (κ1) is 28.0. The number of rotatable bonds is 11. The van der Waals surface area contributed by atoms with E-state index in [0.717, 1.165) is 73.5 Å². The Labute approximate surface area is 249 Å². The smallest absolute Gasteiger partial charge is 0.224 e. The van der Waals surface area contributed by atoms with E-state index in [9.17, 15) is 0 Å². The minimum atomic E-state index is 0.326. The number of hydrogen-bond acceptors (Lipinski definition) is 7. The van der Waals surface area contributed by atoms with Gasteiger partial charge in [-0.25, -0.2) is 4.98 Å². The molecule has 2 aliphatic rings. The van der Waals surface area contributed by atoms with Crippen molar-refractivity contribution in [2.24, 2.45) is 0 Å². The standard InChI is InChI=1S/C35H41N5O2/c1-2-10-21-40(20-9-1)34-17-19-36-35(38-34)37-31-18-22-39(25-31)24-30-15-16-32(41-26-28-11-5-3-6-12-28)33(23-30)42-27-29-13-7-4-8-14-29/h3-8,11-17,19,23,31H,1-2,9-10,18,20-22,24-27H2,(H,36,37,38). The molecule has 4 aromatic rings. The molecule has 218 valence electrons. The summed E-state index contributed by atoms with van der Waals surface area (Å²) in [5.41, 5.74) is 3.48. The maximum Gasteiger partial charge on any atom is 0.224 e. The van der Waals surface area contributed by atoms with E-state index in [-0.39, 0.29) is 0 Å². The Hall–Kier alpha value is -4.10. The highest BCUT2D eigenvalue weighted by atomic mass is 16.5. The first-order valence-corrected chi connectivity index (χ1v) is 15.3. The average Bonchev–Trinajstić information content (AvgIpc) is 3.28. The lowest BCUT2D eigenvalue weighted by Crippen LogP contribution is -2.28. The predicted octanol–water partition coefficient (Wildman–Crippen LogP) is 6.70. The van der Waals surface area contributed by atoms with Gasteiger partial charge in [0.1, 0.15) is 19.0 Å². The van der Waals surface area contributed by atoms with Crippen molar-refractivity contribution in [2.45, 2.75) is 57.9 Å². The van der Waals surface area contributed by atoms with E-state index in [1.807, 2.05) is 54.7 Å². The summed E-state index contributed by atoms with van der Waals surface area (Å²) in [5.74, 6) is 3.32. The molecule has 2 fully saturated rings. The molecule has 1 aromatic heterocycles. The van der Waals surface area contributed by atoms with Crippen molar-refractivity contribution in [2.75, 3.05) is 36.4 Å². The molecule has 2 saturated heterocycles. The Morgan fingerprint density at radius 1 is 0.714 bits per heavy atom. The first-order chi connectivity index (χ1) is 20.8. The van der Waals surface area contributed by atoms with Crippen LogP contribution in [0.15, 0.2) is 91.1 Å². The first-order valence-electron chi connectivity index (χ1n) is 15.3. The van der Waals surface area contributed by atoms with Crippen LogP contribution >= 0.6 is 0 Å². The Morgan fingerprint density at radius 3 is 2.12 bits per heavy atom. The van der Waals surface area contributed by atoms with Gasteiger partial charge in [-0.3, -0.25) is 4.90 Å². The van der Waals surface area contributed by atoms with Crippen LogP contribution in [0.1, 0.15) is 48.8 Å². The fourth-order valence-electron chi connectivity index (χ4n) is 5.78. The zero-order valence-corrected chi connectivity index (χ0v) is 24.3. The van der Waals surface area contributed by atoms with Crippen LogP contribution in [0.2, 0.25) is 0 Å². The summed E-state index contributed by atoms with van der Waals surface area (Å²) in [4.78, 5) is 14.3. The molecule has 0 bridgehead atoms. The summed E-state index contributed by atoms with van der Waals surface area (Å²) in [6.45, 7) is 6.00. The van der Waals surface area contributed by atoms with Gasteiger partial charge in [0.2, 0.25) is 5.95 Å². The molecule has 0 aliphatic carbocycles. The fraction of sp³-hybridized carbons (Fsp3) is 0.371. The van der Waals surface area contributed by atoms with Crippen LogP contribution in [0.4, 0.5) is 11.8 Å². The molecule has 1 unspecified atom stereocenters. The van der Waals surface area contributed by atoms with Crippen molar-refractivity contribution in [3.63, 3.8) is 0 Å². The van der Waals surface area contributed by atoms with Gasteiger partial charge in [-0.05, 0) is 54.2 Å². The van der Waals surface area contributed by atoms with Crippen LogP contribution in [-0.4, -0.2) is 47.1 Å². The van der Waals surface area contributed by atoms with Crippen LogP contribution < -0.4 is 19.7 Å². The molecule has 42 heavy (non-hydrogen) atoms. The molecule has 0 spiro atoms. The third-order valence-corrected chi connectivity index (χ3v) is 8.07. The van der Waals surface area contributed by atoms with E-state index < -0.39 is 0 Å². The summed E-state index contributed by atoms with van der Waals surface area (Å²) in [7, 11) is 0. The van der Waals surface area contributed by atoms with Crippen LogP contribution in [0.25, 0.3) is 0 Å². The molecule has 0 amide bonds. The minimum absolute atomic E-state index is 0.326. The summed E-state index contributed by atoms with van der Waals surface area (Å²) >= 11 is 0. The normalized spacial score (nSPS) is 17.5. The highest BCUT2D eigenvalue weighted by Crippen LogP contribution is 2.31. The lowest BCUT2D eigenvalue weighted by Gasteiger charge is -2.22. The van der Waals surface area contributed by atoms with Gasteiger partial charge in [0, 0.05) is 45.0 Å². The molecule has 7 heteroatoms. The highest BCUT2D eigenvalue weighted by molar-refractivity contribution is 5.44. The minimum Gasteiger partial charge on any atom is -0.485 e. The largest absolute Gasteiger partial charge is 0.485 e. The van der Waals surface area contributed by atoms with Gasteiger partial charge in [0.05, 0.1) is 0 Å². The van der Waals surface area contributed by atoms with Crippen molar-refractivity contribution in [1.82, 2.24) is 14.9 Å². The van der Waals surface area contributed by atoms with E-state index in [2.05, 4.69) is 56.5 Å². The number of anilines is 2. The number of ether oxygens (including phenoxy) is 2. The lowest BCUT2D eigenvalue weighted by atomic mass is 10.2. The van der Waals surface area contributed by atoms with E-state index in [1.54, 1.807) is 0 Å². The molecule has 2 aliphatic heterocycles. The third-order valence-electron chi connectivity index (χ3n) is 8.07. The van der Waals surface area contributed by atoms with Crippen LogP contribution in [0.3, 0.4) is 0 Å². The molecular weight excluding hydrogens is 522 g/mol. The van der Waals surface area contributed by atoms with Crippen molar-refractivity contribution in [1.29, 1.82) is 0 Å². The molecule has 0 saturated carbocycles. The molecular formula is C35H41N5O2. The van der Waals surface area contributed by atoms with E-state index >= 15 is 0 Å². The summed E-state index contributed by atoms with van der Waals surface area (Å²) in [6, 6.07) is 29.2. The van der Waals surface area contributed by atoms with Crippen molar-refractivity contribution in [3.05, 3.63) is 108 Å². The Bertz CT molecular complexity index is 1390. The molecule has 7 nitrogen and oxygen atoms in total. The number of benzene rings is 3. The van der Waals surface area contributed by atoms with Gasteiger partial charge >= 0.3 is 0 Å². The number of nitrogens with zero attached hydrogens (tertiary/aromatic N) is 4. The molecule has 0 radical (unpaired) electrons. The SMILES string of the molecule is c1ccc(COc2ccc(CN3CCC(Nc4nccc(N5CCCCCC5)n4)C3)cc2OCc2ccccc2)cc1. The van der Waals surface area contributed by atoms with E-state index in [1.165, 1.54) is 31.2 Å².